The Morgan fingerprint density at radius 2 is 2.21 bits per heavy atom. The van der Waals surface area contributed by atoms with Crippen LogP contribution < -0.4 is 4.74 Å². The van der Waals surface area contributed by atoms with Gasteiger partial charge in [0.05, 0.1) is 24.2 Å². The number of aromatic amines is 1. The minimum atomic E-state index is 0.382. The number of benzene rings is 1. The lowest BCUT2D eigenvalue weighted by Gasteiger charge is -2.36. The van der Waals surface area contributed by atoms with Crippen LogP contribution in [0.3, 0.4) is 0 Å². The smallest absolute Gasteiger partial charge is 0.178 e. The van der Waals surface area contributed by atoms with Crippen molar-refractivity contribution in [3.05, 3.63) is 23.0 Å². The van der Waals surface area contributed by atoms with Crippen LogP contribution >= 0.6 is 12.2 Å². The molecule has 0 amide bonds. The molecule has 0 atom stereocenters. The zero-order valence-corrected chi connectivity index (χ0v) is 12.0. The second-order valence-electron chi connectivity index (χ2n) is 4.89. The molecule has 0 unspecified atom stereocenters. The van der Waals surface area contributed by atoms with Crippen LogP contribution in [-0.2, 0) is 4.74 Å². The third-order valence-electron chi connectivity index (χ3n) is 3.76. The van der Waals surface area contributed by atoms with Gasteiger partial charge in [-0.15, -0.1) is 0 Å². The number of hydrogen-bond acceptors (Lipinski definition) is 3. The second-order valence-corrected chi connectivity index (χ2v) is 5.27. The van der Waals surface area contributed by atoms with Crippen molar-refractivity contribution in [1.29, 1.82) is 0 Å². The van der Waals surface area contributed by atoms with Crippen molar-refractivity contribution in [2.45, 2.75) is 31.9 Å². The van der Waals surface area contributed by atoms with Crippen molar-refractivity contribution in [1.82, 2.24) is 9.55 Å². The largest absolute Gasteiger partial charge is 0.497 e. The Morgan fingerprint density at radius 1 is 1.42 bits per heavy atom. The van der Waals surface area contributed by atoms with Gasteiger partial charge in [-0.3, -0.25) is 0 Å². The first-order chi connectivity index (χ1) is 9.22. The fourth-order valence-electron chi connectivity index (χ4n) is 2.71. The van der Waals surface area contributed by atoms with Crippen LogP contribution in [0.5, 0.6) is 5.75 Å². The first kappa shape index (κ1) is 12.7. The predicted octanol–water partition coefficient (Wildman–Crippen LogP) is 3.45. The average Bonchev–Trinajstić information content (AvgIpc) is 2.68. The Morgan fingerprint density at radius 3 is 2.89 bits per heavy atom. The molecule has 0 radical (unpaired) electrons. The molecule has 1 saturated carbocycles. The number of methoxy groups -OCH3 is 1. The lowest BCUT2D eigenvalue weighted by molar-refractivity contribution is -0.0190. The van der Waals surface area contributed by atoms with Gasteiger partial charge in [0.2, 0.25) is 0 Å². The van der Waals surface area contributed by atoms with Gasteiger partial charge in [0, 0.05) is 18.7 Å². The highest BCUT2D eigenvalue weighted by Crippen LogP contribution is 2.37. The molecule has 5 heteroatoms. The second kappa shape index (κ2) is 4.98. The van der Waals surface area contributed by atoms with Crippen molar-refractivity contribution in [2.75, 3.05) is 13.7 Å². The Labute approximate surface area is 117 Å². The van der Waals surface area contributed by atoms with E-state index in [1.807, 2.05) is 25.1 Å². The maximum Gasteiger partial charge on any atom is 0.178 e. The number of nitrogens with one attached hydrogen (secondary N) is 1. The van der Waals surface area contributed by atoms with Gasteiger partial charge in [-0.1, -0.05) is 0 Å². The van der Waals surface area contributed by atoms with Crippen molar-refractivity contribution in [2.24, 2.45) is 0 Å². The summed E-state index contributed by atoms with van der Waals surface area (Å²) in [6.07, 6.45) is 2.45. The molecule has 19 heavy (non-hydrogen) atoms. The number of hydrogen-bond donors (Lipinski definition) is 1. The summed E-state index contributed by atoms with van der Waals surface area (Å²) in [6, 6.07) is 6.43. The number of rotatable bonds is 4. The van der Waals surface area contributed by atoms with E-state index in [0.717, 1.165) is 41.0 Å². The molecule has 0 aliphatic heterocycles. The summed E-state index contributed by atoms with van der Waals surface area (Å²) < 4.78 is 13.9. The molecule has 2 aromatic rings. The van der Waals surface area contributed by atoms with Crippen LogP contribution in [0, 0.1) is 4.77 Å². The minimum absolute atomic E-state index is 0.382. The monoisotopic (exact) mass is 278 g/mol. The molecule has 102 valence electrons. The molecule has 1 fully saturated rings. The number of imidazole rings is 1. The van der Waals surface area contributed by atoms with Gasteiger partial charge in [-0.25, -0.2) is 0 Å². The molecule has 1 N–H and O–H groups in total. The number of ether oxygens (including phenoxy) is 2. The Balaban J connectivity index is 1.95. The van der Waals surface area contributed by atoms with E-state index in [0.29, 0.717) is 12.1 Å². The Bertz CT molecular complexity index is 640. The lowest BCUT2D eigenvalue weighted by atomic mass is 9.89. The number of fused-ring (bicyclic) bond motifs is 1. The van der Waals surface area contributed by atoms with Gasteiger partial charge in [-0.05, 0) is 44.1 Å². The van der Waals surface area contributed by atoms with E-state index in [-0.39, 0.29) is 0 Å². The van der Waals surface area contributed by atoms with Crippen molar-refractivity contribution in [3.63, 3.8) is 0 Å². The summed E-state index contributed by atoms with van der Waals surface area (Å²) in [4.78, 5) is 3.26. The van der Waals surface area contributed by atoms with E-state index in [4.69, 9.17) is 21.7 Å². The Hall–Kier alpha value is -1.33. The molecule has 0 saturated heterocycles. The summed E-state index contributed by atoms with van der Waals surface area (Å²) in [7, 11) is 1.68. The summed E-state index contributed by atoms with van der Waals surface area (Å²) in [5, 5.41) is 0. The summed E-state index contributed by atoms with van der Waals surface area (Å²) in [5.74, 6) is 0.857. The van der Waals surface area contributed by atoms with Gasteiger partial charge in [0.1, 0.15) is 5.75 Å². The molecule has 1 aromatic carbocycles. The number of aromatic nitrogens is 2. The van der Waals surface area contributed by atoms with E-state index in [1.54, 1.807) is 7.11 Å². The molecule has 3 rings (SSSR count). The highest BCUT2D eigenvalue weighted by molar-refractivity contribution is 7.71. The summed E-state index contributed by atoms with van der Waals surface area (Å²) in [5.41, 5.74) is 2.18. The molecular formula is C14H18N2O2S. The average molecular weight is 278 g/mol. The van der Waals surface area contributed by atoms with Crippen molar-refractivity contribution >= 4 is 23.3 Å². The Kier molecular flexibility index (Phi) is 3.33. The third-order valence-corrected chi connectivity index (χ3v) is 4.06. The first-order valence-electron chi connectivity index (χ1n) is 6.62. The number of nitrogens with zero attached hydrogens (tertiary/aromatic N) is 1. The molecule has 1 aliphatic rings. The van der Waals surface area contributed by atoms with Crippen molar-refractivity contribution in [3.8, 4) is 5.75 Å². The van der Waals surface area contributed by atoms with Crippen LogP contribution in [0.15, 0.2) is 18.2 Å². The zero-order valence-electron chi connectivity index (χ0n) is 11.2. The molecule has 0 spiro atoms. The van der Waals surface area contributed by atoms with E-state index in [9.17, 15) is 0 Å². The van der Waals surface area contributed by atoms with E-state index < -0.39 is 0 Å². The van der Waals surface area contributed by atoms with E-state index in [2.05, 4.69) is 9.55 Å². The normalized spacial score (nSPS) is 22.4. The van der Waals surface area contributed by atoms with Crippen molar-refractivity contribution < 1.29 is 9.47 Å². The van der Waals surface area contributed by atoms with Crippen LogP contribution in [0.4, 0.5) is 0 Å². The van der Waals surface area contributed by atoms with Gasteiger partial charge < -0.3 is 19.0 Å². The van der Waals surface area contributed by atoms with E-state index in [1.165, 1.54) is 0 Å². The fourth-order valence-corrected chi connectivity index (χ4v) is 3.07. The maximum absolute atomic E-state index is 5.62. The molecule has 1 aliphatic carbocycles. The lowest BCUT2D eigenvalue weighted by Crippen LogP contribution is -2.33. The fraction of sp³-hybridized carbons (Fsp3) is 0.500. The summed E-state index contributed by atoms with van der Waals surface area (Å²) in [6.45, 7) is 2.82. The van der Waals surface area contributed by atoms with Gasteiger partial charge in [-0.2, -0.15) is 0 Å². The molecule has 0 bridgehead atoms. The van der Waals surface area contributed by atoms with Gasteiger partial charge >= 0.3 is 0 Å². The minimum Gasteiger partial charge on any atom is -0.497 e. The summed E-state index contributed by atoms with van der Waals surface area (Å²) >= 11 is 5.44. The van der Waals surface area contributed by atoms with Crippen LogP contribution in [-0.4, -0.2) is 29.4 Å². The van der Waals surface area contributed by atoms with E-state index >= 15 is 0 Å². The topological polar surface area (TPSA) is 39.2 Å². The van der Waals surface area contributed by atoms with Gasteiger partial charge in [0.25, 0.3) is 0 Å². The third kappa shape index (κ3) is 2.17. The molecular weight excluding hydrogens is 260 g/mol. The quantitative estimate of drug-likeness (QED) is 0.871. The van der Waals surface area contributed by atoms with Crippen LogP contribution in [0.1, 0.15) is 25.8 Å². The highest BCUT2D eigenvalue weighted by Gasteiger charge is 2.32. The molecule has 4 nitrogen and oxygen atoms in total. The highest BCUT2D eigenvalue weighted by atomic mass is 32.1. The van der Waals surface area contributed by atoms with Gasteiger partial charge in [0.15, 0.2) is 4.77 Å². The molecule has 1 heterocycles. The SMILES string of the molecule is CCOC1CC(n2c(=S)[nH]c3ccc(OC)cc32)C1. The van der Waals surface area contributed by atoms with Crippen LogP contribution in [0.2, 0.25) is 0 Å². The molecule has 1 aromatic heterocycles. The maximum atomic E-state index is 5.62. The van der Waals surface area contributed by atoms with Crippen LogP contribution in [0.25, 0.3) is 11.0 Å². The number of H-pyrrole nitrogens is 1. The standard InChI is InChI=1S/C14H18N2O2S/c1-3-18-11-6-9(7-11)16-13-8-10(17-2)4-5-12(13)15-14(16)19/h4-5,8-9,11H,3,6-7H2,1-2H3,(H,15,19). The zero-order chi connectivity index (χ0) is 13.4. The first-order valence-corrected chi connectivity index (χ1v) is 7.03. The predicted molar refractivity (Wildman–Crippen MR) is 77.4 cm³/mol.